The van der Waals surface area contributed by atoms with Gasteiger partial charge in [-0.1, -0.05) is 37.3 Å². The molecule has 96 valence electrons. The molecule has 2 heterocycles. The Morgan fingerprint density at radius 3 is 2.68 bits per heavy atom. The Bertz CT molecular complexity index is 701. The molecule has 0 bridgehead atoms. The summed E-state index contributed by atoms with van der Waals surface area (Å²) in [6.07, 6.45) is 4.58. The third-order valence-electron chi connectivity index (χ3n) is 3.41. The van der Waals surface area contributed by atoms with Gasteiger partial charge in [0.2, 0.25) is 0 Å². The van der Waals surface area contributed by atoms with Crippen LogP contribution in [0.2, 0.25) is 0 Å². The molecule has 3 rings (SSSR count). The monoisotopic (exact) mass is 252 g/mol. The van der Waals surface area contributed by atoms with Crippen LogP contribution in [-0.4, -0.2) is 14.7 Å². The first-order chi connectivity index (χ1) is 9.29. The zero-order chi connectivity index (χ0) is 13.2. The molecule has 0 radical (unpaired) electrons. The van der Waals surface area contributed by atoms with Gasteiger partial charge in [0.1, 0.15) is 5.75 Å². The smallest absolute Gasteiger partial charge is 0.146 e. The molecule has 0 fully saturated rings. The van der Waals surface area contributed by atoms with Crippen molar-refractivity contribution in [3.8, 4) is 5.75 Å². The molecular weight excluding hydrogens is 236 g/mol. The van der Waals surface area contributed by atoms with E-state index in [2.05, 4.69) is 21.7 Å². The molecule has 0 saturated heterocycles. The number of aryl methyl sites for hydroxylation is 1. The van der Waals surface area contributed by atoms with Crippen LogP contribution >= 0.6 is 0 Å². The molecule has 2 aromatic heterocycles. The SMILES string of the molecule is CCc1ncc2c(ccn2Cc2ccccc2)c1O. The second-order valence-electron chi connectivity index (χ2n) is 4.64. The number of benzene rings is 1. The van der Waals surface area contributed by atoms with Gasteiger partial charge in [-0.15, -0.1) is 0 Å². The molecule has 0 saturated carbocycles. The normalized spacial score (nSPS) is 11.0. The number of aromatic nitrogens is 2. The molecule has 1 aromatic carbocycles. The lowest BCUT2D eigenvalue weighted by Gasteiger charge is -2.07. The van der Waals surface area contributed by atoms with Crippen LogP contribution in [0, 0.1) is 0 Å². The minimum absolute atomic E-state index is 0.312. The number of aromatic hydroxyl groups is 1. The third-order valence-corrected chi connectivity index (χ3v) is 3.41. The van der Waals surface area contributed by atoms with Crippen LogP contribution in [0.25, 0.3) is 10.9 Å². The molecule has 3 aromatic rings. The van der Waals surface area contributed by atoms with Crippen molar-refractivity contribution in [1.82, 2.24) is 9.55 Å². The predicted molar refractivity (Wildman–Crippen MR) is 76.3 cm³/mol. The Hall–Kier alpha value is -2.29. The molecule has 1 N–H and O–H groups in total. The minimum Gasteiger partial charge on any atom is -0.505 e. The molecule has 0 aliphatic rings. The quantitative estimate of drug-likeness (QED) is 0.776. The van der Waals surface area contributed by atoms with Gasteiger partial charge < -0.3 is 9.67 Å². The fourth-order valence-electron chi connectivity index (χ4n) is 2.36. The van der Waals surface area contributed by atoms with E-state index in [1.807, 2.05) is 43.6 Å². The van der Waals surface area contributed by atoms with E-state index >= 15 is 0 Å². The number of pyridine rings is 1. The van der Waals surface area contributed by atoms with Crippen LogP contribution in [-0.2, 0) is 13.0 Å². The van der Waals surface area contributed by atoms with Crippen molar-refractivity contribution in [1.29, 1.82) is 0 Å². The summed E-state index contributed by atoms with van der Waals surface area (Å²) in [5, 5.41) is 11.0. The van der Waals surface area contributed by atoms with Gasteiger partial charge >= 0.3 is 0 Å². The lowest BCUT2D eigenvalue weighted by molar-refractivity contribution is 0.471. The summed E-state index contributed by atoms with van der Waals surface area (Å²) in [7, 11) is 0. The molecule has 3 heteroatoms. The number of hydrogen-bond acceptors (Lipinski definition) is 2. The highest BCUT2D eigenvalue weighted by Gasteiger charge is 2.10. The second kappa shape index (κ2) is 4.76. The van der Waals surface area contributed by atoms with Crippen LogP contribution in [0.1, 0.15) is 18.2 Å². The lowest BCUT2D eigenvalue weighted by Crippen LogP contribution is -1.98. The Kier molecular flexibility index (Phi) is 2.95. The number of fused-ring (bicyclic) bond motifs is 1. The van der Waals surface area contributed by atoms with Crippen LogP contribution in [0.3, 0.4) is 0 Å². The summed E-state index contributed by atoms with van der Waals surface area (Å²) in [5.41, 5.74) is 2.96. The predicted octanol–water partition coefficient (Wildman–Crippen LogP) is 3.35. The summed E-state index contributed by atoms with van der Waals surface area (Å²) in [6.45, 7) is 2.78. The van der Waals surface area contributed by atoms with E-state index in [1.165, 1.54) is 5.56 Å². The highest BCUT2D eigenvalue weighted by Crippen LogP contribution is 2.28. The summed E-state index contributed by atoms with van der Waals surface area (Å²) in [6, 6.07) is 12.2. The molecule has 0 unspecified atom stereocenters. The maximum Gasteiger partial charge on any atom is 0.146 e. The average molecular weight is 252 g/mol. The van der Waals surface area contributed by atoms with Gasteiger partial charge in [-0.05, 0) is 18.1 Å². The highest BCUT2D eigenvalue weighted by atomic mass is 16.3. The maximum absolute atomic E-state index is 10.2. The third kappa shape index (κ3) is 2.08. The van der Waals surface area contributed by atoms with Crippen molar-refractivity contribution in [3.63, 3.8) is 0 Å². The van der Waals surface area contributed by atoms with Crippen molar-refractivity contribution < 1.29 is 5.11 Å². The van der Waals surface area contributed by atoms with Crippen LogP contribution < -0.4 is 0 Å². The fourth-order valence-corrected chi connectivity index (χ4v) is 2.36. The number of hydrogen-bond donors (Lipinski definition) is 1. The van der Waals surface area contributed by atoms with E-state index < -0.39 is 0 Å². The summed E-state index contributed by atoms with van der Waals surface area (Å²) >= 11 is 0. The summed E-state index contributed by atoms with van der Waals surface area (Å²) < 4.78 is 2.11. The molecule has 19 heavy (non-hydrogen) atoms. The Morgan fingerprint density at radius 2 is 1.95 bits per heavy atom. The van der Waals surface area contributed by atoms with Gasteiger partial charge in [0.05, 0.1) is 17.4 Å². The van der Waals surface area contributed by atoms with Gasteiger partial charge in [-0.2, -0.15) is 0 Å². The summed E-state index contributed by atoms with van der Waals surface area (Å²) in [4.78, 5) is 4.33. The molecule has 0 spiro atoms. The van der Waals surface area contributed by atoms with E-state index in [4.69, 9.17) is 0 Å². The second-order valence-corrected chi connectivity index (χ2v) is 4.64. The molecule has 0 atom stereocenters. The standard InChI is InChI=1S/C16H16N2O/c1-2-14-16(19)13-8-9-18(15(13)10-17-14)11-12-6-4-3-5-7-12/h3-10,19H,2,11H2,1H3. The summed E-state index contributed by atoms with van der Waals surface area (Å²) in [5.74, 6) is 0.312. The van der Waals surface area contributed by atoms with E-state index in [1.54, 1.807) is 0 Å². The van der Waals surface area contributed by atoms with E-state index in [9.17, 15) is 5.11 Å². The van der Waals surface area contributed by atoms with E-state index in [-0.39, 0.29) is 0 Å². The zero-order valence-corrected chi connectivity index (χ0v) is 10.9. The first kappa shape index (κ1) is 11.8. The Balaban J connectivity index is 2.04. The van der Waals surface area contributed by atoms with Crippen molar-refractivity contribution in [2.24, 2.45) is 0 Å². The fraction of sp³-hybridized carbons (Fsp3) is 0.188. The van der Waals surface area contributed by atoms with Gasteiger partial charge in [0.15, 0.2) is 0 Å². The highest BCUT2D eigenvalue weighted by molar-refractivity contribution is 5.86. The first-order valence-corrected chi connectivity index (χ1v) is 6.49. The molecule has 3 nitrogen and oxygen atoms in total. The van der Waals surface area contributed by atoms with Crippen molar-refractivity contribution >= 4 is 10.9 Å². The molecule has 0 aliphatic heterocycles. The van der Waals surface area contributed by atoms with Gasteiger partial charge in [-0.3, -0.25) is 4.98 Å². The minimum atomic E-state index is 0.312. The zero-order valence-electron chi connectivity index (χ0n) is 10.9. The molecular formula is C16H16N2O. The number of rotatable bonds is 3. The van der Waals surface area contributed by atoms with Gasteiger partial charge in [0, 0.05) is 18.1 Å². The Morgan fingerprint density at radius 1 is 1.16 bits per heavy atom. The van der Waals surface area contributed by atoms with Crippen molar-refractivity contribution in [2.45, 2.75) is 19.9 Å². The van der Waals surface area contributed by atoms with E-state index in [0.29, 0.717) is 5.75 Å². The van der Waals surface area contributed by atoms with Gasteiger partial charge in [0.25, 0.3) is 0 Å². The van der Waals surface area contributed by atoms with E-state index in [0.717, 1.165) is 29.6 Å². The molecule has 0 amide bonds. The maximum atomic E-state index is 10.2. The lowest BCUT2D eigenvalue weighted by atomic mass is 10.2. The first-order valence-electron chi connectivity index (χ1n) is 6.49. The Labute approximate surface area is 112 Å². The van der Waals surface area contributed by atoms with Crippen LogP contribution in [0.4, 0.5) is 0 Å². The van der Waals surface area contributed by atoms with Crippen molar-refractivity contribution in [3.05, 3.63) is 60.0 Å². The van der Waals surface area contributed by atoms with Crippen LogP contribution in [0.15, 0.2) is 48.8 Å². The largest absolute Gasteiger partial charge is 0.505 e. The average Bonchev–Trinajstić information content (AvgIpc) is 2.85. The van der Waals surface area contributed by atoms with Gasteiger partial charge in [-0.25, -0.2) is 0 Å². The van der Waals surface area contributed by atoms with Crippen molar-refractivity contribution in [2.75, 3.05) is 0 Å². The molecule has 0 aliphatic carbocycles. The topological polar surface area (TPSA) is 38.0 Å². The van der Waals surface area contributed by atoms with Crippen LogP contribution in [0.5, 0.6) is 5.75 Å². The number of nitrogens with zero attached hydrogens (tertiary/aromatic N) is 2.